The van der Waals surface area contributed by atoms with E-state index in [9.17, 15) is 18.0 Å². The lowest BCUT2D eigenvalue weighted by atomic mass is 9.91. The summed E-state index contributed by atoms with van der Waals surface area (Å²) in [6, 6.07) is 5.53. The van der Waals surface area contributed by atoms with Crippen molar-refractivity contribution < 1.29 is 18.0 Å². The summed E-state index contributed by atoms with van der Waals surface area (Å²) in [6.07, 6.45) is -0.879. The molecule has 1 heterocycles. The second-order valence-electron chi connectivity index (χ2n) is 6.12. The van der Waals surface area contributed by atoms with Crippen molar-refractivity contribution in [1.82, 2.24) is 10.2 Å². The van der Waals surface area contributed by atoms with Gasteiger partial charge in [0.25, 0.3) is 0 Å². The van der Waals surface area contributed by atoms with E-state index in [2.05, 4.69) is 5.32 Å². The maximum absolute atomic E-state index is 12.7. The van der Waals surface area contributed by atoms with Crippen LogP contribution in [0.2, 0.25) is 0 Å². The SMILES string of the molecule is CNCC(=O)N1CCCC(CCc2cccc(C(F)(F)F)c2)C1. The molecule has 1 N–H and O–H groups in total. The number of carbonyl (C=O) groups excluding carboxylic acids is 1. The first-order valence-corrected chi connectivity index (χ1v) is 7.98. The lowest BCUT2D eigenvalue weighted by Gasteiger charge is -2.33. The van der Waals surface area contributed by atoms with Crippen LogP contribution in [0.25, 0.3) is 0 Å². The Bertz CT molecular complexity index is 531. The standard InChI is InChI=1S/C17H23F3N2O/c1-21-11-16(23)22-9-3-5-14(12-22)8-7-13-4-2-6-15(10-13)17(18,19)20/h2,4,6,10,14,21H,3,5,7-9,11-12H2,1H3. The minimum Gasteiger partial charge on any atom is -0.341 e. The number of amides is 1. The number of likely N-dealkylation sites (tertiary alicyclic amines) is 1. The normalized spacial score (nSPS) is 19.0. The predicted octanol–water partition coefficient (Wildman–Crippen LogP) is 3.10. The van der Waals surface area contributed by atoms with Crippen LogP contribution >= 0.6 is 0 Å². The van der Waals surface area contributed by atoms with Gasteiger partial charge in [0.05, 0.1) is 12.1 Å². The lowest BCUT2D eigenvalue weighted by molar-refractivity contribution is -0.137. The molecule has 1 saturated heterocycles. The molecule has 0 aliphatic carbocycles. The van der Waals surface area contributed by atoms with E-state index in [-0.39, 0.29) is 5.91 Å². The first-order chi connectivity index (χ1) is 10.9. The molecule has 0 bridgehead atoms. The zero-order valence-corrected chi connectivity index (χ0v) is 13.3. The lowest BCUT2D eigenvalue weighted by Crippen LogP contribution is -2.43. The Morgan fingerprint density at radius 1 is 1.39 bits per heavy atom. The number of piperidine rings is 1. The number of nitrogens with one attached hydrogen (secondary N) is 1. The van der Waals surface area contributed by atoms with Gasteiger partial charge < -0.3 is 10.2 Å². The molecule has 6 heteroatoms. The largest absolute Gasteiger partial charge is 0.416 e. The molecule has 0 radical (unpaired) electrons. The van der Waals surface area contributed by atoms with Crippen molar-refractivity contribution >= 4 is 5.91 Å². The summed E-state index contributed by atoms with van der Waals surface area (Å²) in [5, 5.41) is 2.86. The topological polar surface area (TPSA) is 32.3 Å². The Morgan fingerprint density at radius 2 is 2.17 bits per heavy atom. The summed E-state index contributed by atoms with van der Waals surface area (Å²) >= 11 is 0. The van der Waals surface area contributed by atoms with Gasteiger partial charge in [-0.05, 0) is 50.3 Å². The van der Waals surface area contributed by atoms with Gasteiger partial charge in [0, 0.05) is 13.1 Å². The highest BCUT2D eigenvalue weighted by atomic mass is 19.4. The Hall–Kier alpha value is -1.56. The first kappa shape index (κ1) is 17.8. The van der Waals surface area contributed by atoms with Gasteiger partial charge in [-0.2, -0.15) is 13.2 Å². The van der Waals surface area contributed by atoms with Gasteiger partial charge in [0.15, 0.2) is 0 Å². The number of benzene rings is 1. The molecule has 1 fully saturated rings. The van der Waals surface area contributed by atoms with Gasteiger partial charge >= 0.3 is 6.18 Å². The van der Waals surface area contributed by atoms with Gasteiger partial charge in [0.1, 0.15) is 0 Å². The van der Waals surface area contributed by atoms with Gasteiger partial charge in [-0.25, -0.2) is 0 Å². The first-order valence-electron chi connectivity index (χ1n) is 7.98. The van der Waals surface area contributed by atoms with Crippen molar-refractivity contribution in [3.63, 3.8) is 0 Å². The summed E-state index contributed by atoms with van der Waals surface area (Å²) in [7, 11) is 1.74. The Balaban J connectivity index is 1.89. The minimum atomic E-state index is -4.29. The number of nitrogens with zero attached hydrogens (tertiary/aromatic N) is 1. The third kappa shape index (κ3) is 5.23. The van der Waals surface area contributed by atoms with E-state index in [1.165, 1.54) is 12.1 Å². The third-order valence-corrected chi connectivity index (χ3v) is 4.30. The van der Waals surface area contributed by atoms with E-state index >= 15 is 0 Å². The zero-order valence-electron chi connectivity index (χ0n) is 13.3. The zero-order chi connectivity index (χ0) is 16.9. The molecule has 1 aliphatic rings. The molecular weight excluding hydrogens is 305 g/mol. The molecule has 0 aromatic heterocycles. The van der Waals surface area contributed by atoms with E-state index in [4.69, 9.17) is 0 Å². The second-order valence-corrected chi connectivity index (χ2v) is 6.12. The number of carbonyl (C=O) groups is 1. The van der Waals surface area contributed by atoms with Crippen molar-refractivity contribution in [2.24, 2.45) is 5.92 Å². The van der Waals surface area contributed by atoms with Crippen molar-refractivity contribution in [2.45, 2.75) is 31.9 Å². The fraction of sp³-hybridized carbons (Fsp3) is 0.588. The van der Waals surface area contributed by atoms with E-state index < -0.39 is 11.7 Å². The van der Waals surface area contributed by atoms with E-state index in [0.29, 0.717) is 31.0 Å². The monoisotopic (exact) mass is 328 g/mol. The molecule has 0 saturated carbocycles. The quantitative estimate of drug-likeness (QED) is 0.901. The highest BCUT2D eigenvalue weighted by Crippen LogP contribution is 2.30. The van der Waals surface area contributed by atoms with Crippen LogP contribution in [0.4, 0.5) is 13.2 Å². The minimum absolute atomic E-state index is 0.0938. The van der Waals surface area contributed by atoms with Crippen LogP contribution in [0.15, 0.2) is 24.3 Å². The van der Waals surface area contributed by atoms with Crippen LogP contribution in [0, 0.1) is 5.92 Å². The van der Waals surface area contributed by atoms with E-state index in [1.807, 2.05) is 4.90 Å². The number of rotatable bonds is 5. The smallest absolute Gasteiger partial charge is 0.341 e. The number of hydrogen-bond acceptors (Lipinski definition) is 2. The van der Waals surface area contributed by atoms with E-state index in [1.54, 1.807) is 13.1 Å². The molecule has 1 aromatic carbocycles. The molecule has 1 atom stereocenters. The Kier molecular flexibility index (Phi) is 6.04. The second kappa shape index (κ2) is 7.81. The highest BCUT2D eigenvalue weighted by molar-refractivity contribution is 5.78. The maximum Gasteiger partial charge on any atom is 0.416 e. The highest BCUT2D eigenvalue weighted by Gasteiger charge is 2.30. The van der Waals surface area contributed by atoms with Gasteiger partial charge in [0.2, 0.25) is 5.91 Å². The van der Waals surface area contributed by atoms with Crippen LogP contribution < -0.4 is 5.32 Å². The molecule has 128 valence electrons. The predicted molar refractivity (Wildman–Crippen MR) is 83.0 cm³/mol. The van der Waals surface area contributed by atoms with Crippen molar-refractivity contribution in [1.29, 1.82) is 0 Å². The number of halogens is 3. The van der Waals surface area contributed by atoms with Crippen LogP contribution in [-0.2, 0) is 17.4 Å². The summed E-state index contributed by atoms with van der Waals surface area (Å²) in [5.41, 5.74) is 0.114. The molecule has 1 unspecified atom stereocenters. The molecule has 2 rings (SSSR count). The summed E-state index contributed by atoms with van der Waals surface area (Å²) < 4.78 is 38.2. The molecule has 1 amide bonds. The Morgan fingerprint density at radius 3 is 2.87 bits per heavy atom. The van der Waals surface area contributed by atoms with Crippen molar-refractivity contribution in [3.8, 4) is 0 Å². The van der Waals surface area contributed by atoms with Crippen LogP contribution in [0.1, 0.15) is 30.4 Å². The summed E-state index contributed by atoms with van der Waals surface area (Å²) in [4.78, 5) is 13.8. The molecule has 1 aliphatic heterocycles. The molecular formula is C17H23F3N2O. The number of likely N-dealkylation sites (N-methyl/N-ethyl adjacent to an activating group) is 1. The van der Waals surface area contributed by atoms with Crippen molar-refractivity contribution in [3.05, 3.63) is 35.4 Å². The van der Waals surface area contributed by atoms with E-state index in [0.717, 1.165) is 31.9 Å². The molecule has 3 nitrogen and oxygen atoms in total. The van der Waals surface area contributed by atoms with Crippen LogP contribution in [-0.4, -0.2) is 37.5 Å². The summed E-state index contributed by atoms with van der Waals surface area (Å²) in [5.74, 6) is 0.454. The van der Waals surface area contributed by atoms with Gasteiger partial charge in [-0.3, -0.25) is 4.79 Å². The van der Waals surface area contributed by atoms with Crippen LogP contribution in [0.5, 0.6) is 0 Å². The maximum atomic E-state index is 12.7. The average molecular weight is 328 g/mol. The Labute approximate surface area is 134 Å². The van der Waals surface area contributed by atoms with Gasteiger partial charge in [-0.1, -0.05) is 18.2 Å². The fourth-order valence-electron chi connectivity index (χ4n) is 3.06. The van der Waals surface area contributed by atoms with Crippen LogP contribution in [0.3, 0.4) is 0 Å². The third-order valence-electron chi connectivity index (χ3n) is 4.30. The molecule has 1 aromatic rings. The van der Waals surface area contributed by atoms with Crippen molar-refractivity contribution in [2.75, 3.05) is 26.7 Å². The number of alkyl halides is 3. The van der Waals surface area contributed by atoms with Gasteiger partial charge in [-0.15, -0.1) is 0 Å². The number of aryl methyl sites for hydroxylation is 1. The summed E-state index contributed by atoms with van der Waals surface area (Å²) in [6.45, 7) is 1.82. The fourth-order valence-corrected chi connectivity index (χ4v) is 3.06. The average Bonchev–Trinajstić information content (AvgIpc) is 2.53. The number of hydrogen-bond donors (Lipinski definition) is 1. The molecule has 0 spiro atoms. The molecule has 23 heavy (non-hydrogen) atoms.